The number of rotatable bonds is 7. The van der Waals surface area contributed by atoms with Crippen molar-refractivity contribution >= 4 is 29.1 Å². The molecule has 0 aromatic heterocycles. The van der Waals surface area contributed by atoms with E-state index < -0.39 is 58.0 Å². The van der Waals surface area contributed by atoms with Crippen LogP contribution < -0.4 is 11.1 Å². The first kappa shape index (κ1) is 34.4. The lowest BCUT2D eigenvalue weighted by Crippen LogP contribution is -2.65. The van der Waals surface area contributed by atoms with Gasteiger partial charge in [0.1, 0.15) is 22.8 Å². The average Bonchev–Trinajstić information content (AvgIpc) is 2.99. The molecule has 46 heavy (non-hydrogen) atoms. The van der Waals surface area contributed by atoms with E-state index in [4.69, 9.17) is 5.73 Å². The molecule has 2 aromatic carbocycles. The number of hydrogen-bond donors (Lipinski definition) is 6. The molecule has 0 spiro atoms. The van der Waals surface area contributed by atoms with Crippen LogP contribution in [-0.4, -0.2) is 107 Å². The third-order valence-electron chi connectivity index (χ3n) is 8.98. The smallest absolute Gasteiger partial charge is 0.255 e. The molecule has 246 valence electrons. The quantitative estimate of drug-likeness (QED) is 0.244. The van der Waals surface area contributed by atoms with Gasteiger partial charge < -0.3 is 36.4 Å². The third-order valence-corrected chi connectivity index (χ3v) is 8.98. The number of aliphatic hydroxyl groups is 3. The van der Waals surface area contributed by atoms with Crippen molar-refractivity contribution in [3.63, 3.8) is 0 Å². The number of carbonyl (C=O) groups is 4. The number of fused-ring (bicyclic) bond motifs is 3. The van der Waals surface area contributed by atoms with E-state index in [2.05, 4.69) is 10.2 Å². The number of likely N-dealkylation sites (N-methyl/N-ethyl adjacent to an activating group) is 1. The van der Waals surface area contributed by atoms with Crippen molar-refractivity contribution < 1.29 is 39.6 Å². The first-order valence-corrected chi connectivity index (χ1v) is 15.1. The highest BCUT2D eigenvalue weighted by molar-refractivity contribution is 6.24. The van der Waals surface area contributed by atoms with Gasteiger partial charge in [-0.2, -0.15) is 0 Å². The van der Waals surface area contributed by atoms with Crippen LogP contribution in [0.3, 0.4) is 0 Å². The number of carbonyl (C=O) groups excluding carboxylic acids is 4. The Bertz CT molecular complexity index is 1610. The molecule has 12 heteroatoms. The molecule has 0 radical (unpaired) electrons. The molecule has 1 fully saturated rings. The van der Waals surface area contributed by atoms with Gasteiger partial charge in [0.05, 0.1) is 11.6 Å². The van der Waals surface area contributed by atoms with E-state index in [-0.39, 0.29) is 35.6 Å². The molecule has 0 unspecified atom stereocenters. The maximum absolute atomic E-state index is 13.8. The fourth-order valence-electron chi connectivity index (χ4n) is 6.81. The van der Waals surface area contributed by atoms with Crippen molar-refractivity contribution in [1.82, 2.24) is 15.1 Å². The van der Waals surface area contributed by atoms with E-state index in [1.807, 2.05) is 44.4 Å². The van der Waals surface area contributed by atoms with E-state index in [0.717, 1.165) is 24.1 Å². The molecule has 0 aliphatic heterocycles. The fraction of sp³-hybridized carbons (Fsp3) is 0.412. The van der Waals surface area contributed by atoms with Crippen LogP contribution in [0.2, 0.25) is 0 Å². The van der Waals surface area contributed by atoms with Gasteiger partial charge in [0.2, 0.25) is 11.7 Å². The van der Waals surface area contributed by atoms with Crippen molar-refractivity contribution in [2.45, 2.75) is 37.3 Å². The van der Waals surface area contributed by atoms with E-state index in [0.29, 0.717) is 12.0 Å². The van der Waals surface area contributed by atoms with Crippen LogP contribution in [0, 0.1) is 11.8 Å². The molecule has 4 atom stereocenters. The van der Waals surface area contributed by atoms with E-state index in [1.165, 1.54) is 11.0 Å². The standard InChI is InChI=1S/C27H26N2O7.C7H16N2O/c1-29(2)21-16-11-13-10-15-14(12-6-4-3-5-7-12)8-9-17(30)19(15)22(31)18(13)24(33)27(16,36)25(34)20(23(21)32)26(28)35;1-8-7(10)5-4-6-9(2)3/h3-9,13,16,21,30-31,34,36H,10-11H2,1-2H3,(H2,28,35);4-6H2,1-3H3,(H,8,10)/t13-,16-,21-,27-;/m0./s1. The van der Waals surface area contributed by atoms with Gasteiger partial charge in [0.25, 0.3) is 5.91 Å². The summed E-state index contributed by atoms with van der Waals surface area (Å²) in [5.74, 6) is -6.48. The summed E-state index contributed by atoms with van der Waals surface area (Å²) in [7, 11) is 8.81. The van der Waals surface area contributed by atoms with Gasteiger partial charge >= 0.3 is 0 Å². The second-order valence-corrected chi connectivity index (χ2v) is 12.4. The number of nitrogens with zero attached hydrogens (tertiary/aromatic N) is 2. The van der Waals surface area contributed by atoms with Crippen LogP contribution in [0.15, 0.2) is 59.4 Å². The zero-order chi connectivity index (χ0) is 34.1. The van der Waals surface area contributed by atoms with Crippen LogP contribution >= 0.6 is 0 Å². The molecule has 0 bridgehead atoms. The summed E-state index contributed by atoms with van der Waals surface area (Å²) >= 11 is 0. The highest BCUT2D eigenvalue weighted by atomic mass is 16.3. The summed E-state index contributed by atoms with van der Waals surface area (Å²) in [4.78, 5) is 53.2. The Morgan fingerprint density at radius 3 is 2.24 bits per heavy atom. The van der Waals surface area contributed by atoms with Gasteiger partial charge in [-0.1, -0.05) is 36.4 Å². The Morgan fingerprint density at radius 1 is 1.02 bits per heavy atom. The highest BCUT2D eigenvalue weighted by Crippen LogP contribution is 2.53. The normalized spacial score (nSPS) is 23.8. The zero-order valence-corrected chi connectivity index (χ0v) is 26.7. The van der Waals surface area contributed by atoms with Crippen LogP contribution in [0.25, 0.3) is 16.9 Å². The Kier molecular flexibility index (Phi) is 10.0. The number of benzene rings is 2. The van der Waals surface area contributed by atoms with Crippen molar-refractivity contribution in [2.24, 2.45) is 17.6 Å². The minimum atomic E-state index is -2.64. The van der Waals surface area contributed by atoms with E-state index in [1.54, 1.807) is 27.2 Å². The minimum absolute atomic E-state index is 0.0512. The van der Waals surface area contributed by atoms with Crippen molar-refractivity contribution in [2.75, 3.05) is 41.8 Å². The average molecular weight is 635 g/mol. The fourth-order valence-corrected chi connectivity index (χ4v) is 6.81. The molecule has 0 saturated heterocycles. The van der Waals surface area contributed by atoms with Crippen molar-refractivity contribution in [3.05, 3.63) is 70.5 Å². The predicted octanol–water partition coefficient (Wildman–Crippen LogP) is 1.71. The number of aliphatic hydroxyl groups excluding tert-OH is 2. The number of nitrogens with one attached hydrogen (secondary N) is 1. The Labute approximate surface area is 267 Å². The molecule has 2 aromatic rings. The minimum Gasteiger partial charge on any atom is -0.508 e. The summed E-state index contributed by atoms with van der Waals surface area (Å²) in [5.41, 5.74) is 4.04. The summed E-state index contributed by atoms with van der Waals surface area (Å²) in [5, 5.41) is 47.0. The monoisotopic (exact) mass is 634 g/mol. The topological polar surface area (TPSA) is 194 Å². The molecule has 2 amide bonds. The van der Waals surface area contributed by atoms with Gasteiger partial charge in [-0.25, -0.2) is 0 Å². The van der Waals surface area contributed by atoms with E-state index in [9.17, 15) is 39.6 Å². The molecular formula is C34H42N4O8. The van der Waals surface area contributed by atoms with Crippen LogP contribution in [0.4, 0.5) is 0 Å². The molecule has 0 heterocycles. The second kappa shape index (κ2) is 13.5. The number of ketones is 2. The third kappa shape index (κ3) is 6.03. The summed E-state index contributed by atoms with van der Waals surface area (Å²) in [6, 6.07) is 11.4. The molecular weight excluding hydrogens is 592 g/mol. The Balaban J connectivity index is 0.000000416. The highest BCUT2D eigenvalue weighted by Gasteiger charge is 2.64. The summed E-state index contributed by atoms with van der Waals surface area (Å²) < 4.78 is 0. The molecule has 1 saturated carbocycles. The van der Waals surface area contributed by atoms with Gasteiger partial charge in [0.15, 0.2) is 11.4 Å². The molecule has 3 aliphatic rings. The van der Waals surface area contributed by atoms with Gasteiger partial charge in [-0.3, -0.25) is 24.1 Å². The number of primary amides is 1. The molecule has 3 aliphatic carbocycles. The lowest BCUT2D eigenvalue weighted by molar-refractivity contribution is -0.153. The van der Waals surface area contributed by atoms with Gasteiger partial charge in [-0.15, -0.1) is 0 Å². The first-order chi connectivity index (χ1) is 21.7. The van der Waals surface area contributed by atoms with Gasteiger partial charge in [0, 0.05) is 25.0 Å². The number of aromatic hydroxyl groups is 1. The van der Waals surface area contributed by atoms with Crippen LogP contribution in [0.5, 0.6) is 5.75 Å². The predicted molar refractivity (Wildman–Crippen MR) is 172 cm³/mol. The number of phenols is 1. The second-order valence-electron chi connectivity index (χ2n) is 12.4. The van der Waals surface area contributed by atoms with Crippen LogP contribution in [0.1, 0.15) is 30.4 Å². The maximum atomic E-state index is 13.8. The van der Waals surface area contributed by atoms with E-state index >= 15 is 0 Å². The number of hydrogen-bond acceptors (Lipinski definition) is 10. The molecule has 12 nitrogen and oxygen atoms in total. The lowest BCUT2D eigenvalue weighted by Gasteiger charge is -2.50. The van der Waals surface area contributed by atoms with Gasteiger partial charge in [-0.05, 0) is 82.7 Å². The van der Waals surface area contributed by atoms with Crippen molar-refractivity contribution in [3.8, 4) is 16.9 Å². The largest absolute Gasteiger partial charge is 0.508 e. The zero-order valence-electron chi connectivity index (χ0n) is 26.7. The maximum Gasteiger partial charge on any atom is 0.255 e. The Hall–Kier alpha value is -4.52. The number of phenolic OH excluding ortho intramolecular Hbond substituents is 1. The number of amides is 2. The first-order valence-electron chi connectivity index (χ1n) is 15.1. The number of Topliss-reactive ketones (excluding diaryl/α,β-unsaturated/α-hetero) is 2. The lowest BCUT2D eigenvalue weighted by atomic mass is 9.57. The molecule has 5 rings (SSSR count). The summed E-state index contributed by atoms with van der Waals surface area (Å²) in [6.45, 7) is 0.980. The van der Waals surface area contributed by atoms with Crippen LogP contribution in [-0.2, 0) is 25.6 Å². The number of nitrogens with two attached hydrogens (primary N) is 1. The Morgan fingerprint density at radius 2 is 1.67 bits per heavy atom. The van der Waals surface area contributed by atoms with Crippen molar-refractivity contribution in [1.29, 1.82) is 0 Å². The SMILES string of the molecule is CN(C)[C@@H]1C(=O)C(C(N)=O)=C(O)[C@@]2(O)C(=O)C3=C(O)c4c(O)ccc(-c5ccccc5)c4C[C@H]3C[C@@H]12.CNC(=O)CCCN(C)C. The summed E-state index contributed by atoms with van der Waals surface area (Å²) in [6.07, 6.45) is 1.87. The molecule has 7 N–H and O–H groups in total.